The van der Waals surface area contributed by atoms with Crippen molar-refractivity contribution in [3.63, 3.8) is 0 Å². The van der Waals surface area contributed by atoms with Gasteiger partial charge in [0.2, 0.25) is 0 Å². The summed E-state index contributed by atoms with van der Waals surface area (Å²) in [6.07, 6.45) is -0.360. The van der Waals surface area contributed by atoms with E-state index in [0.717, 1.165) is 5.06 Å². The second-order valence-electron chi connectivity index (χ2n) is 6.15. The Hall–Kier alpha value is -1.85. The molecule has 1 aliphatic rings. The molecule has 24 heavy (non-hydrogen) atoms. The summed E-state index contributed by atoms with van der Waals surface area (Å²) >= 11 is 0. The number of hydrogen-bond acceptors (Lipinski definition) is 9. The van der Waals surface area contributed by atoms with Crippen LogP contribution in [0.25, 0.3) is 11.2 Å². The van der Waals surface area contributed by atoms with Gasteiger partial charge in [0.25, 0.3) is 0 Å². The summed E-state index contributed by atoms with van der Waals surface area (Å²) in [5.74, 6) is 0.531. The first-order chi connectivity index (χ1) is 11.4. The number of nitrogen functional groups attached to an aromatic ring is 1. The summed E-state index contributed by atoms with van der Waals surface area (Å²) in [4.78, 5) is 17.4. The molecule has 1 fully saturated rings. The van der Waals surface area contributed by atoms with E-state index in [4.69, 9.17) is 15.3 Å². The van der Waals surface area contributed by atoms with Crippen molar-refractivity contribution in [3.8, 4) is 0 Å². The first-order valence-corrected chi connectivity index (χ1v) is 7.71. The van der Waals surface area contributed by atoms with Crippen molar-refractivity contribution in [1.82, 2.24) is 24.6 Å². The number of nitrogens with two attached hydrogens (primary N) is 1. The van der Waals surface area contributed by atoms with Crippen LogP contribution in [-0.4, -0.2) is 60.5 Å². The second kappa shape index (κ2) is 6.57. The summed E-state index contributed by atoms with van der Waals surface area (Å²) in [6, 6.07) is 0. The van der Waals surface area contributed by atoms with Crippen LogP contribution < -0.4 is 5.73 Å². The number of fused-ring (bicyclic) bond motifs is 1. The molecule has 4 N–H and O–H groups in total. The molecule has 132 valence electrons. The number of aliphatic hydroxyl groups excluding tert-OH is 2. The Morgan fingerprint density at radius 3 is 2.71 bits per heavy atom. The molecule has 3 heterocycles. The van der Waals surface area contributed by atoms with Gasteiger partial charge in [0, 0.05) is 0 Å². The minimum atomic E-state index is -1.25. The largest absolute Gasteiger partial charge is 0.382 e. The van der Waals surface area contributed by atoms with Gasteiger partial charge in [-0.3, -0.25) is 9.40 Å². The molecule has 0 aromatic carbocycles. The molecule has 10 nitrogen and oxygen atoms in total. The van der Waals surface area contributed by atoms with Crippen molar-refractivity contribution in [2.45, 2.75) is 45.1 Å². The van der Waals surface area contributed by atoms with Crippen LogP contribution >= 0.6 is 0 Å². The minimum Gasteiger partial charge on any atom is -0.382 e. The van der Waals surface area contributed by atoms with Crippen LogP contribution in [0.2, 0.25) is 0 Å². The van der Waals surface area contributed by atoms with Gasteiger partial charge in [0.05, 0.1) is 13.4 Å². The predicted molar refractivity (Wildman–Crippen MR) is 84.0 cm³/mol. The summed E-state index contributed by atoms with van der Waals surface area (Å²) in [7, 11) is 1.38. The highest BCUT2D eigenvalue weighted by atomic mass is 16.7. The quantitative estimate of drug-likeness (QED) is 0.696. The van der Waals surface area contributed by atoms with Gasteiger partial charge in [-0.15, -0.1) is 5.06 Å². The summed E-state index contributed by atoms with van der Waals surface area (Å²) in [5, 5.41) is 22.0. The third-order valence-corrected chi connectivity index (χ3v) is 4.00. The third-order valence-electron chi connectivity index (χ3n) is 4.00. The first-order valence-electron chi connectivity index (χ1n) is 7.71. The fourth-order valence-corrected chi connectivity index (χ4v) is 2.89. The topological polar surface area (TPSA) is 132 Å². The van der Waals surface area contributed by atoms with Gasteiger partial charge in [-0.2, -0.15) is 0 Å². The fourth-order valence-electron chi connectivity index (χ4n) is 2.89. The maximum atomic E-state index is 10.5. The minimum absolute atomic E-state index is 0.242. The molecule has 3 rings (SSSR count). The van der Waals surface area contributed by atoms with E-state index < -0.39 is 24.8 Å². The molecule has 0 bridgehead atoms. The van der Waals surface area contributed by atoms with Gasteiger partial charge in [-0.1, -0.05) is 13.8 Å². The number of rotatable bonds is 4. The molecular weight excluding hydrogens is 316 g/mol. The molecule has 1 saturated heterocycles. The number of hydrogen-bond donors (Lipinski definition) is 3. The molecule has 0 radical (unpaired) electrons. The number of aliphatic hydroxyl groups is 2. The van der Waals surface area contributed by atoms with Crippen LogP contribution in [0.3, 0.4) is 0 Å². The number of nitrogens with zero attached hydrogens (tertiary/aromatic N) is 5. The van der Waals surface area contributed by atoms with Crippen LogP contribution in [0.5, 0.6) is 0 Å². The maximum absolute atomic E-state index is 10.5. The number of imidazole rings is 1. The van der Waals surface area contributed by atoms with Gasteiger partial charge in [0.15, 0.2) is 30.1 Å². The van der Waals surface area contributed by atoms with Crippen molar-refractivity contribution >= 4 is 17.0 Å². The molecular formula is C14H22N6O4. The van der Waals surface area contributed by atoms with Crippen molar-refractivity contribution in [2.24, 2.45) is 5.92 Å². The van der Waals surface area contributed by atoms with Gasteiger partial charge in [-0.05, 0) is 12.3 Å². The van der Waals surface area contributed by atoms with E-state index in [2.05, 4.69) is 15.0 Å². The Morgan fingerprint density at radius 1 is 1.29 bits per heavy atom. The van der Waals surface area contributed by atoms with E-state index >= 15 is 0 Å². The van der Waals surface area contributed by atoms with E-state index in [9.17, 15) is 10.2 Å². The molecule has 0 saturated carbocycles. The van der Waals surface area contributed by atoms with E-state index in [1.807, 2.05) is 13.8 Å². The van der Waals surface area contributed by atoms with E-state index in [0.29, 0.717) is 17.6 Å². The van der Waals surface area contributed by atoms with Gasteiger partial charge >= 0.3 is 0 Å². The van der Waals surface area contributed by atoms with Gasteiger partial charge in [-0.25, -0.2) is 15.0 Å². The Kier molecular flexibility index (Phi) is 4.65. The fraction of sp³-hybridized carbons (Fsp3) is 0.643. The van der Waals surface area contributed by atoms with Gasteiger partial charge in [0.1, 0.15) is 17.9 Å². The monoisotopic (exact) mass is 338 g/mol. The third kappa shape index (κ3) is 2.82. The summed E-state index contributed by atoms with van der Waals surface area (Å²) < 4.78 is 7.51. The van der Waals surface area contributed by atoms with Crippen molar-refractivity contribution in [1.29, 1.82) is 0 Å². The molecule has 2 unspecified atom stereocenters. The van der Waals surface area contributed by atoms with Crippen LogP contribution in [-0.2, 0) is 9.57 Å². The van der Waals surface area contributed by atoms with Crippen LogP contribution in [0.4, 0.5) is 5.82 Å². The highest BCUT2D eigenvalue weighted by Crippen LogP contribution is 2.33. The summed E-state index contributed by atoms with van der Waals surface area (Å²) in [6.45, 7) is 4.04. The number of anilines is 1. The zero-order valence-electron chi connectivity index (χ0n) is 13.8. The standard InChI is InChI=1S/C14H22N6O4/c1-7(2)4-8-12(21)20(23-3)13(22)14(24-8)19-6-18-9-10(15)16-5-17-11(9)19/h5-8,12-14,21-22H,4H2,1-3H3,(H2,15,16,17)/t8-,12?,13?,14-/m1/s1. The van der Waals surface area contributed by atoms with E-state index in [1.165, 1.54) is 19.8 Å². The molecule has 1 aliphatic heterocycles. The zero-order chi connectivity index (χ0) is 17.4. The molecule has 2 aromatic heterocycles. The van der Waals surface area contributed by atoms with Crippen molar-refractivity contribution in [3.05, 3.63) is 12.7 Å². The molecule has 0 amide bonds. The Labute approximate surface area is 138 Å². The Morgan fingerprint density at radius 2 is 2.04 bits per heavy atom. The zero-order valence-corrected chi connectivity index (χ0v) is 13.8. The van der Waals surface area contributed by atoms with E-state index in [-0.39, 0.29) is 11.7 Å². The lowest BCUT2D eigenvalue weighted by atomic mass is 10.0. The van der Waals surface area contributed by atoms with Crippen molar-refractivity contribution < 1.29 is 19.8 Å². The van der Waals surface area contributed by atoms with Gasteiger partial charge < -0.3 is 20.7 Å². The molecule has 0 spiro atoms. The highest BCUT2D eigenvalue weighted by molar-refractivity contribution is 5.81. The van der Waals surface area contributed by atoms with Crippen LogP contribution in [0.1, 0.15) is 26.5 Å². The lowest BCUT2D eigenvalue weighted by Crippen LogP contribution is -2.58. The normalized spacial score (nSPS) is 28.8. The van der Waals surface area contributed by atoms with E-state index in [1.54, 1.807) is 4.57 Å². The maximum Gasteiger partial charge on any atom is 0.178 e. The average Bonchev–Trinajstić information content (AvgIpc) is 2.95. The van der Waals surface area contributed by atoms with Crippen LogP contribution in [0.15, 0.2) is 12.7 Å². The number of hydroxylamine groups is 2. The number of aromatic nitrogens is 4. The Balaban J connectivity index is 1.99. The first kappa shape index (κ1) is 17.0. The molecule has 0 aliphatic carbocycles. The lowest BCUT2D eigenvalue weighted by Gasteiger charge is -2.44. The predicted octanol–water partition coefficient (Wildman–Crippen LogP) is -0.148. The molecule has 4 atom stereocenters. The molecule has 2 aromatic rings. The molecule has 10 heteroatoms. The smallest absolute Gasteiger partial charge is 0.178 e. The number of ether oxygens (including phenoxy) is 1. The second-order valence-corrected chi connectivity index (χ2v) is 6.15. The lowest BCUT2D eigenvalue weighted by molar-refractivity contribution is -0.382. The average molecular weight is 338 g/mol. The number of morpholine rings is 1. The highest BCUT2D eigenvalue weighted by Gasteiger charge is 2.44. The van der Waals surface area contributed by atoms with Crippen molar-refractivity contribution in [2.75, 3.05) is 12.8 Å². The Bertz CT molecular complexity index is 708. The SMILES string of the molecule is CON1C(O)[C@H](n2cnc3c(N)ncnc32)O[C@H](CC(C)C)C1O. The van der Waals surface area contributed by atoms with Crippen LogP contribution in [0, 0.1) is 5.92 Å². The summed E-state index contributed by atoms with van der Waals surface area (Å²) in [5.41, 5.74) is 6.65.